The molecule has 0 unspecified atom stereocenters. The second-order valence-electron chi connectivity index (χ2n) is 9.08. The molecule has 3 aromatic rings. The van der Waals surface area contributed by atoms with Crippen LogP contribution in [-0.4, -0.2) is 13.2 Å². The second kappa shape index (κ2) is 11.1. The van der Waals surface area contributed by atoms with Gasteiger partial charge in [-0.15, -0.1) is 0 Å². The first-order chi connectivity index (χ1) is 16.2. The molecule has 0 aliphatic carbocycles. The summed E-state index contributed by atoms with van der Waals surface area (Å²) in [7, 11) is 0. The lowest BCUT2D eigenvalue weighted by Gasteiger charge is -2.15. The van der Waals surface area contributed by atoms with Gasteiger partial charge in [-0.1, -0.05) is 35.4 Å². The molecule has 0 saturated carbocycles. The van der Waals surface area contributed by atoms with E-state index in [0.29, 0.717) is 18.7 Å². The SMILES string of the molecule is CC(C)=CCNc1ccc(-c2cc(C)c(-c3ccc(OCC=C(C)C)c(F)c3)cc2C)c(F)c1. The molecule has 0 fully saturated rings. The van der Waals surface area contributed by atoms with E-state index in [0.717, 1.165) is 39.1 Å². The fourth-order valence-electron chi connectivity index (χ4n) is 3.72. The van der Waals surface area contributed by atoms with Crippen LogP contribution in [0.4, 0.5) is 14.5 Å². The fraction of sp³-hybridized carbons (Fsp3) is 0.267. The number of hydrogen-bond donors (Lipinski definition) is 1. The summed E-state index contributed by atoms with van der Waals surface area (Å²) in [6, 6.07) is 14.2. The van der Waals surface area contributed by atoms with Crippen molar-refractivity contribution in [1.82, 2.24) is 0 Å². The van der Waals surface area contributed by atoms with E-state index < -0.39 is 5.82 Å². The highest BCUT2D eigenvalue weighted by atomic mass is 19.1. The number of aryl methyl sites for hydroxylation is 2. The normalized spacial score (nSPS) is 10.6. The molecule has 0 spiro atoms. The Kier molecular flexibility index (Phi) is 8.27. The summed E-state index contributed by atoms with van der Waals surface area (Å²) in [5.41, 5.74) is 8.00. The molecule has 0 bridgehead atoms. The third-order valence-corrected chi connectivity index (χ3v) is 5.62. The Morgan fingerprint density at radius 2 is 1.44 bits per heavy atom. The van der Waals surface area contributed by atoms with E-state index >= 15 is 0 Å². The van der Waals surface area contributed by atoms with Crippen molar-refractivity contribution in [3.8, 4) is 28.0 Å². The number of rotatable bonds is 8. The van der Waals surface area contributed by atoms with Crippen LogP contribution in [0.5, 0.6) is 5.75 Å². The van der Waals surface area contributed by atoms with Gasteiger partial charge in [-0.05, 0) is 106 Å². The molecule has 178 valence electrons. The van der Waals surface area contributed by atoms with Crippen LogP contribution in [0.3, 0.4) is 0 Å². The lowest BCUT2D eigenvalue weighted by Crippen LogP contribution is -2.00. The Morgan fingerprint density at radius 3 is 2.09 bits per heavy atom. The van der Waals surface area contributed by atoms with Crippen molar-refractivity contribution in [3.63, 3.8) is 0 Å². The molecule has 2 nitrogen and oxygen atoms in total. The first-order valence-corrected chi connectivity index (χ1v) is 11.5. The van der Waals surface area contributed by atoms with Gasteiger partial charge in [0, 0.05) is 17.8 Å². The van der Waals surface area contributed by atoms with Crippen molar-refractivity contribution in [2.75, 3.05) is 18.5 Å². The molecule has 0 saturated heterocycles. The summed E-state index contributed by atoms with van der Waals surface area (Å²) in [6.07, 6.45) is 3.97. The molecule has 0 aliphatic heterocycles. The summed E-state index contributed by atoms with van der Waals surface area (Å²) >= 11 is 0. The van der Waals surface area contributed by atoms with Gasteiger partial charge in [0.2, 0.25) is 0 Å². The van der Waals surface area contributed by atoms with Crippen LogP contribution in [-0.2, 0) is 0 Å². The number of ether oxygens (including phenoxy) is 1. The second-order valence-corrected chi connectivity index (χ2v) is 9.08. The van der Waals surface area contributed by atoms with E-state index in [1.54, 1.807) is 12.1 Å². The van der Waals surface area contributed by atoms with Crippen LogP contribution in [0.1, 0.15) is 38.8 Å². The Labute approximate surface area is 202 Å². The first kappa shape index (κ1) is 25.2. The predicted octanol–water partition coefficient (Wildman–Crippen LogP) is 8.64. The lowest BCUT2D eigenvalue weighted by molar-refractivity contribution is 0.341. The molecule has 0 radical (unpaired) electrons. The standard InChI is InChI=1S/C30H33F2NO/c1-19(2)11-13-33-24-8-9-25(28(31)18-24)27-16-21(5)26(15-22(27)6)23-7-10-30(29(32)17-23)34-14-12-20(3)4/h7-12,15-18,33H,13-14H2,1-6H3. The summed E-state index contributed by atoms with van der Waals surface area (Å²) in [5, 5.41) is 3.21. The summed E-state index contributed by atoms with van der Waals surface area (Å²) in [4.78, 5) is 0. The lowest BCUT2D eigenvalue weighted by atomic mass is 9.91. The van der Waals surface area contributed by atoms with Crippen molar-refractivity contribution >= 4 is 5.69 Å². The van der Waals surface area contributed by atoms with Crippen LogP contribution in [0.2, 0.25) is 0 Å². The molecule has 0 heterocycles. The molecule has 3 rings (SSSR count). The number of anilines is 1. The minimum Gasteiger partial charge on any atom is -0.486 e. The molecule has 1 N–H and O–H groups in total. The highest BCUT2D eigenvalue weighted by Gasteiger charge is 2.14. The van der Waals surface area contributed by atoms with Gasteiger partial charge in [-0.2, -0.15) is 0 Å². The quantitative estimate of drug-likeness (QED) is 0.339. The molecule has 0 atom stereocenters. The van der Waals surface area contributed by atoms with E-state index in [4.69, 9.17) is 4.74 Å². The van der Waals surface area contributed by atoms with Crippen LogP contribution in [0, 0.1) is 25.5 Å². The molecule has 0 aromatic heterocycles. The molecule has 4 heteroatoms. The summed E-state index contributed by atoms with van der Waals surface area (Å²) in [5.74, 6) is -0.447. The van der Waals surface area contributed by atoms with Gasteiger partial charge in [0.25, 0.3) is 0 Å². The Hall–Kier alpha value is -3.40. The number of allylic oxidation sites excluding steroid dienone is 2. The van der Waals surface area contributed by atoms with Crippen molar-refractivity contribution in [2.24, 2.45) is 0 Å². The summed E-state index contributed by atoms with van der Waals surface area (Å²) < 4.78 is 35.2. The Bertz CT molecular complexity index is 1230. The van der Waals surface area contributed by atoms with E-state index in [-0.39, 0.29) is 11.6 Å². The number of nitrogens with one attached hydrogen (secondary N) is 1. The van der Waals surface area contributed by atoms with Gasteiger partial charge in [0.1, 0.15) is 12.4 Å². The zero-order chi connectivity index (χ0) is 24.8. The Morgan fingerprint density at radius 1 is 0.765 bits per heavy atom. The van der Waals surface area contributed by atoms with E-state index in [1.807, 2.05) is 71.9 Å². The number of hydrogen-bond acceptors (Lipinski definition) is 2. The van der Waals surface area contributed by atoms with Gasteiger partial charge in [0.15, 0.2) is 11.6 Å². The molecule has 34 heavy (non-hydrogen) atoms. The zero-order valence-electron chi connectivity index (χ0n) is 20.9. The highest BCUT2D eigenvalue weighted by Crippen LogP contribution is 2.35. The highest BCUT2D eigenvalue weighted by molar-refractivity contribution is 5.77. The van der Waals surface area contributed by atoms with Crippen molar-refractivity contribution in [1.29, 1.82) is 0 Å². The van der Waals surface area contributed by atoms with Gasteiger partial charge in [-0.25, -0.2) is 8.78 Å². The van der Waals surface area contributed by atoms with Gasteiger partial charge < -0.3 is 10.1 Å². The molecule has 3 aromatic carbocycles. The number of benzene rings is 3. The molecule has 0 amide bonds. The predicted molar refractivity (Wildman–Crippen MR) is 140 cm³/mol. The average Bonchev–Trinajstić information content (AvgIpc) is 2.76. The maximum atomic E-state index is 15.0. The maximum Gasteiger partial charge on any atom is 0.165 e. The molecular weight excluding hydrogens is 428 g/mol. The third kappa shape index (κ3) is 6.34. The average molecular weight is 462 g/mol. The van der Waals surface area contributed by atoms with Gasteiger partial charge in [-0.3, -0.25) is 0 Å². The van der Waals surface area contributed by atoms with Crippen molar-refractivity contribution < 1.29 is 13.5 Å². The topological polar surface area (TPSA) is 21.3 Å². The van der Waals surface area contributed by atoms with Crippen molar-refractivity contribution in [3.05, 3.63) is 94.6 Å². The maximum absolute atomic E-state index is 15.0. The zero-order valence-corrected chi connectivity index (χ0v) is 20.9. The van der Waals surface area contributed by atoms with Crippen LogP contribution < -0.4 is 10.1 Å². The largest absolute Gasteiger partial charge is 0.486 e. The van der Waals surface area contributed by atoms with Gasteiger partial charge >= 0.3 is 0 Å². The first-order valence-electron chi connectivity index (χ1n) is 11.5. The Balaban J connectivity index is 1.86. The molecular formula is C30H33F2NO. The third-order valence-electron chi connectivity index (χ3n) is 5.62. The summed E-state index contributed by atoms with van der Waals surface area (Å²) in [6.45, 7) is 12.9. The molecule has 0 aliphatic rings. The van der Waals surface area contributed by atoms with Crippen LogP contribution in [0.15, 0.2) is 71.8 Å². The smallest absolute Gasteiger partial charge is 0.165 e. The van der Waals surface area contributed by atoms with Gasteiger partial charge in [0.05, 0.1) is 0 Å². The minimum absolute atomic E-state index is 0.229. The van der Waals surface area contributed by atoms with Crippen LogP contribution >= 0.6 is 0 Å². The monoisotopic (exact) mass is 461 g/mol. The van der Waals surface area contributed by atoms with E-state index in [2.05, 4.69) is 11.4 Å². The number of halogens is 2. The van der Waals surface area contributed by atoms with Crippen molar-refractivity contribution in [2.45, 2.75) is 41.5 Å². The minimum atomic E-state index is -0.400. The van der Waals surface area contributed by atoms with E-state index in [9.17, 15) is 8.78 Å². The fourth-order valence-corrected chi connectivity index (χ4v) is 3.72. The van der Waals surface area contributed by atoms with E-state index in [1.165, 1.54) is 17.7 Å². The van der Waals surface area contributed by atoms with Crippen LogP contribution in [0.25, 0.3) is 22.3 Å².